The lowest BCUT2D eigenvalue weighted by molar-refractivity contribution is -0.0316. The van der Waals surface area contributed by atoms with Gasteiger partial charge in [-0.3, -0.25) is 0 Å². The molecule has 4 nitrogen and oxygen atoms in total. The highest BCUT2D eigenvalue weighted by Gasteiger charge is 2.32. The molecule has 19 heavy (non-hydrogen) atoms. The fraction of sp³-hybridized carbons (Fsp3) is 0.667. The molecule has 0 saturated heterocycles. The Labute approximate surface area is 115 Å². The van der Waals surface area contributed by atoms with E-state index >= 15 is 0 Å². The summed E-state index contributed by atoms with van der Waals surface area (Å²) in [5.41, 5.74) is 4.01. The minimum atomic E-state index is 0.367. The number of hydrazine groups is 1. The van der Waals surface area contributed by atoms with Gasteiger partial charge in [-0.15, -0.1) is 0 Å². The van der Waals surface area contributed by atoms with Gasteiger partial charge in [0.2, 0.25) is 0 Å². The first-order valence-electron chi connectivity index (χ1n) is 7.02. The Hall–Kier alpha value is -1.13. The average molecular weight is 263 g/mol. The number of nitrogen functional groups attached to an aromatic ring is 1. The van der Waals surface area contributed by atoms with E-state index in [-0.39, 0.29) is 0 Å². The fourth-order valence-corrected chi connectivity index (χ4v) is 3.19. The molecule has 1 heterocycles. The molecule has 2 rings (SSSR count). The van der Waals surface area contributed by atoms with Crippen molar-refractivity contribution in [3.8, 4) is 0 Å². The second kappa shape index (κ2) is 5.88. The minimum Gasteiger partial charge on any atom is -0.373 e. The highest BCUT2D eigenvalue weighted by molar-refractivity contribution is 5.33. The predicted octanol–water partition coefficient (Wildman–Crippen LogP) is 3.10. The van der Waals surface area contributed by atoms with Crippen LogP contribution in [0.3, 0.4) is 0 Å². The Bertz CT molecular complexity index is 402. The third-order valence-electron chi connectivity index (χ3n) is 3.80. The minimum absolute atomic E-state index is 0.367. The van der Waals surface area contributed by atoms with Crippen LogP contribution in [0.4, 0.5) is 5.82 Å². The summed E-state index contributed by atoms with van der Waals surface area (Å²) in [5, 5.41) is 0. The quantitative estimate of drug-likeness (QED) is 0.647. The second-order valence-corrected chi connectivity index (χ2v) is 6.54. The third kappa shape index (κ3) is 4.18. The summed E-state index contributed by atoms with van der Waals surface area (Å²) in [5.74, 6) is 6.72. The van der Waals surface area contributed by atoms with Crippen LogP contribution in [0.1, 0.15) is 45.6 Å². The van der Waals surface area contributed by atoms with Crippen LogP contribution in [0, 0.1) is 11.3 Å². The summed E-state index contributed by atoms with van der Waals surface area (Å²) in [6.07, 6.45) is 5.79. The highest BCUT2D eigenvalue weighted by Crippen LogP contribution is 2.39. The van der Waals surface area contributed by atoms with Gasteiger partial charge in [0.1, 0.15) is 5.82 Å². The Morgan fingerprint density at radius 1 is 1.42 bits per heavy atom. The van der Waals surface area contributed by atoms with E-state index in [1.54, 1.807) is 0 Å². The van der Waals surface area contributed by atoms with Crippen LogP contribution in [0.25, 0.3) is 0 Å². The van der Waals surface area contributed by atoms with Gasteiger partial charge in [0, 0.05) is 6.20 Å². The van der Waals surface area contributed by atoms with Crippen LogP contribution in [0.2, 0.25) is 0 Å². The summed E-state index contributed by atoms with van der Waals surface area (Å²) in [6, 6.07) is 3.87. The van der Waals surface area contributed by atoms with Crippen LogP contribution in [-0.2, 0) is 11.3 Å². The van der Waals surface area contributed by atoms with Crippen molar-refractivity contribution in [2.24, 2.45) is 17.2 Å². The molecule has 0 spiro atoms. The van der Waals surface area contributed by atoms with Crippen molar-refractivity contribution in [1.29, 1.82) is 0 Å². The van der Waals surface area contributed by atoms with E-state index in [4.69, 9.17) is 10.6 Å². The Morgan fingerprint density at radius 3 is 2.79 bits per heavy atom. The largest absolute Gasteiger partial charge is 0.373 e. The molecule has 2 unspecified atom stereocenters. The highest BCUT2D eigenvalue weighted by atomic mass is 16.5. The van der Waals surface area contributed by atoms with Crippen molar-refractivity contribution >= 4 is 5.82 Å². The topological polar surface area (TPSA) is 60.2 Å². The summed E-state index contributed by atoms with van der Waals surface area (Å²) in [7, 11) is 0. The van der Waals surface area contributed by atoms with E-state index in [9.17, 15) is 0 Å². The summed E-state index contributed by atoms with van der Waals surface area (Å²) in [6.45, 7) is 7.62. The van der Waals surface area contributed by atoms with Gasteiger partial charge < -0.3 is 10.2 Å². The molecule has 0 radical (unpaired) electrons. The smallest absolute Gasteiger partial charge is 0.139 e. The van der Waals surface area contributed by atoms with Crippen molar-refractivity contribution < 1.29 is 4.74 Å². The van der Waals surface area contributed by atoms with Gasteiger partial charge in [-0.05, 0) is 42.2 Å². The summed E-state index contributed by atoms with van der Waals surface area (Å²) in [4.78, 5) is 4.19. The maximum atomic E-state index is 6.06. The van der Waals surface area contributed by atoms with Crippen LogP contribution >= 0.6 is 0 Å². The first-order chi connectivity index (χ1) is 8.98. The number of rotatable bonds is 4. The number of hydrogen-bond donors (Lipinski definition) is 2. The number of hydrogen-bond acceptors (Lipinski definition) is 4. The van der Waals surface area contributed by atoms with Crippen molar-refractivity contribution in [2.45, 2.75) is 52.7 Å². The normalized spacial score (nSPS) is 26.1. The molecule has 1 aliphatic carbocycles. The summed E-state index contributed by atoms with van der Waals surface area (Å²) >= 11 is 0. The number of nitrogens with two attached hydrogens (primary N) is 1. The van der Waals surface area contributed by atoms with E-state index in [2.05, 4.69) is 31.2 Å². The molecule has 1 aromatic rings. The standard InChI is InChI=1S/C15H25N3O/c1-11-6-13(8-15(2,3)7-11)19-10-12-4-5-14(18-16)17-9-12/h4-5,9,11,13H,6-8,10,16H2,1-3H3,(H,17,18). The van der Waals surface area contributed by atoms with Crippen LogP contribution < -0.4 is 11.3 Å². The maximum absolute atomic E-state index is 6.06. The van der Waals surface area contributed by atoms with Gasteiger partial charge in [-0.25, -0.2) is 10.8 Å². The van der Waals surface area contributed by atoms with E-state index < -0.39 is 0 Å². The molecule has 1 aliphatic rings. The number of nitrogens with zero attached hydrogens (tertiary/aromatic N) is 1. The maximum Gasteiger partial charge on any atom is 0.139 e. The van der Waals surface area contributed by atoms with E-state index in [0.717, 1.165) is 17.9 Å². The van der Waals surface area contributed by atoms with Gasteiger partial charge in [-0.2, -0.15) is 0 Å². The fourth-order valence-electron chi connectivity index (χ4n) is 3.19. The third-order valence-corrected chi connectivity index (χ3v) is 3.80. The molecule has 2 atom stereocenters. The number of aromatic nitrogens is 1. The molecule has 3 N–H and O–H groups in total. The summed E-state index contributed by atoms with van der Waals surface area (Å²) < 4.78 is 6.06. The van der Waals surface area contributed by atoms with E-state index in [1.807, 2.05) is 18.3 Å². The van der Waals surface area contributed by atoms with Crippen LogP contribution in [-0.4, -0.2) is 11.1 Å². The van der Waals surface area contributed by atoms with Crippen molar-refractivity contribution in [1.82, 2.24) is 4.98 Å². The number of ether oxygens (including phenoxy) is 1. The van der Waals surface area contributed by atoms with Gasteiger partial charge in [0.05, 0.1) is 12.7 Å². The Morgan fingerprint density at radius 2 is 2.21 bits per heavy atom. The zero-order valence-electron chi connectivity index (χ0n) is 12.1. The lowest BCUT2D eigenvalue weighted by atomic mass is 9.71. The average Bonchev–Trinajstić information content (AvgIpc) is 2.34. The molecule has 106 valence electrons. The number of pyridine rings is 1. The molecular weight excluding hydrogens is 238 g/mol. The molecule has 4 heteroatoms. The van der Waals surface area contributed by atoms with Crippen molar-refractivity contribution in [3.05, 3.63) is 23.9 Å². The van der Waals surface area contributed by atoms with Gasteiger partial charge >= 0.3 is 0 Å². The molecule has 0 aromatic carbocycles. The number of anilines is 1. The van der Waals surface area contributed by atoms with Gasteiger partial charge in [-0.1, -0.05) is 26.8 Å². The van der Waals surface area contributed by atoms with Crippen LogP contribution in [0.15, 0.2) is 18.3 Å². The van der Waals surface area contributed by atoms with Gasteiger partial charge in [0.25, 0.3) is 0 Å². The first-order valence-corrected chi connectivity index (χ1v) is 7.02. The SMILES string of the molecule is CC1CC(OCc2ccc(NN)nc2)CC(C)(C)C1. The molecule has 1 saturated carbocycles. The van der Waals surface area contributed by atoms with Crippen molar-refractivity contribution in [3.63, 3.8) is 0 Å². The first kappa shape index (κ1) is 14.3. The Kier molecular flexibility index (Phi) is 4.42. The predicted molar refractivity (Wildman–Crippen MR) is 77.4 cm³/mol. The number of nitrogens with one attached hydrogen (secondary N) is 1. The molecule has 1 aromatic heterocycles. The molecule has 0 bridgehead atoms. The van der Waals surface area contributed by atoms with Gasteiger partial charge in [0.15, 0.2) is 0 Å². The van der Waals surface area contributed by atoms with Crippen molar-refractivity contribution in [2.75, 3.05) is 5.43 Å². The molecule has 0 amide bonds. The molecule has 0 aliphatic heterocycles. The van der Waals surface area contributed by atoms with E-state index in [1.165, 1.54) is 12.8 Å². The molecule has 1 fully saturated rings. The monoisotopic (exact) mass is 263 g/mol. The lowest BCUT2D eigenvalue weighted by Crippen LogP contribution is -2.32. The second-order valence-electron chi connectivity index (χ2n) is 6.54. The molecular formula is C15H25N3O. The van der Waals surface area contributed by atoms with E-state index in [0.29, 0.717) is 23.9 Å². The zero-order chi connectivity index (χ0) is 13.9. The van der Waals surface area contributed by atoms with Crippen LogP contribution in [0.5, 0.6) is 0 Å². The lowest BCUT2D eigenvalue weighted by Gasteiger charge is -2.38. The zero-order valence-corrected chi connectivity index (χ0v) is 12.1. The Balaban J connectivity index is 1.87.